The number of rotatable bonds is 8. The van der Waals surface area contributed by atoms with Crippen molar-refractivity contribution in [1.82, 2.24) is 15.1 Å². The first-order valence-corrected chi connectivity index (χ1v) is 10.5. The van der Waals surface area contributed by atoms with Crippen LogP contribution >= 0.6 is 0 Å². The summed E-state index contributed by atoms with van der Waals surface area (Å²) in [5, 5.41) is 7.42. The minimum Gasteiger partial charge on any atom is -0.461 e. The Morgan fingerprint density at radius 2 is 1.84 bits per heavy atom. The quantitative estimate of drug-likeness (QED) is 0.350. The average Bonchev–Trinajstić information content (AvgIpc) is 3.34. The van der Waals surface area contributed by atoms with Gasteiger partial charge in [-0.3, -0.25) is 4.79 Å². The molecule has 0 fully saturated rings. The zero-order valence-electron chi connectivity index (χ0n) is 17.7. The third-order valence-electron chi connectivity index (χ3n) is 5.20. The molecule has 0 saturated heterocycles. The normalized spacial score (nSPS) is 11.7. The number of nitrogens with zero attached hydrogens (tertiary/aromatic N) is 2. The molecule has 0 atom stereocenters. The number of carbonyl (C=O) groups excluding carboxylic acids is 2. The number of carbonyl (C=O) groups is 2. The average molecular weight is 419 g/mol. The molecule has 7 heteroatoms. The standard InChI is InChI=1S/C24H25N3O4/c1-3-30-14-13-25-23(28)16-9-11-18(12-10-16)27-22-19-8-6-5-7-17(19)15-20(22)21(26-27)24(29)31-4-2/h5-12H,3-4,13-15H2,1-2H3,(H,25,28). The molecule has 0 unspecified atom stereocenters. The number of hydrogen-bond acceptors (Lipinski definition) is 5. The van der Waals surface area contributed by atoms with Gasteiger partial charge in [0.1, 0.15) is 0 Å². The van der Waals surface area contributed by atoms with E-state index in [0.29, 0.717) is 44.0 Å². The number of amides is 1. The maximum absolute atomic E-state index is 12.5. The third kappa shape index (κ3) is 4.09. The fraction of sp³-hybridized carbons (Fsp3) is 0.292. The number of ether oxygens (including phenoxy) is 2. The molecule has 31 heavy (non-hydrogen) atoms. The van der Waals surface area contributed by atoms with Crippen molar-refractivity contribution in [3.05, 3.63) is 70.9 Å². The second kappa shape index (κ2) is 9.14. The molecule has 0 aliphatic heterocycles. The summed E-state index contributed by atoms with van der Waals surface area (Å²) in [7, 11) is 0. The number of aromatic nitrogens is 2. The predicted molar refractivity (Wildman–Crippen MR) is 117 cm³/mol. The monoisotopic (exact) mass is 419 g/mol. The van der Waals surface area contributed by atoms with Crippen molar-refractivity contribution in [2.75, 3.05) is 26.4 Å². The van der Waals surface area contributed by atoms with Gasteiger partial charge in [0.25, 0.3) is 5.91 Å². The molecule has 0 saturated carbocycles. The van der Waals surface area contributed by atoms with Crippen LogP contribution in [0.1, 0.15) is 45.8 Å². The molecule has 7 nitrogen and oxygen atoms in total. The first-order valence-electron chi connectivity index (χ1n) is 10.5. The van der Waals surface area contributed by atoms with Crippen LogP contribution in [0.2, 0.25) is 0 Å². The molecule has 0 spiro atoms. The van der Waals surface area contributed by atoms with Crippen molar-refractivity contribution in [3.63, 3.8) is 0 Å². The van der Waals surface area contributed by atoms with Gasteiger partial charge in [0.2, 0.25) is 0 Å². The number of nitrogens with one attached hydrogen (secondary N) is 1. The van der Waals surface area contributed by atoms with Crippen LogP contribution in [0.25, 0.3) is 16.9 Å². The summed E-state index contributed by atoms with van der Waals surface area (Å²) in [6.45, 7) is 5.55. The summed E-state index contributed by atoms with van der Waals surface area (Å²) >= 11 is 0. The van der Waals surface area contributed by atoms with E-state index in [1.807, 2.05) is 37.3 Å². The van der Waals surface area contributed by atoms with E-state index in [1.165, 1.54) is 0 Å². The molecule has 3 aromatic rings. The lowest BCUT2D eigenvalue weighted by atomic mass is 10.1. The minimum absolute atomic E-state index is 0.158. The second-order valence-electron chi connectivity index (χ2n) is 7.14. The number of benzene rings is 2. The smallest absolute Gasteiger partial charge is 0.359 e. The summed E-state index contributed by atoms with van der Waals surface area (Å²) in [6, 6.07) is 15.2. The van der Waals surface area contributed by atoms with Crippen LogP contribution in [-0.2, 0) is 15.9 Å². The summed E-state index contributed by atoms with van der Waals surface area (Å²) in [4.78, 5) is 24.9. The lowest BCUT2D eigenvalue weighted by molar-refractivity contribution is 0.0517. The molecule has 160 valence electrons. The molecule has 1 aliphatic rings. The van der Waals surface area contributed by atoms with Gasteiger partial charge < -0.3 is 14.8 Å². The second-order valence-corrected chi connectivity index (χ2v) is 7.14. The molecular weight excluding hydrogens is 394 g/mol. The van der Waals surface area contributed by atoms with Crippen molar-refractivity contribution in [3.8, 4) is 16.9 Å². The van der Waals surface area contributed by atoms with E-state index in [1.54, 1.807) is 23.7 Å². The summed E-state index contributed by atoms with van der Waals surface area (Å²) < 4.78 is 12.2. The van der Waals surface area contributed by atoms with Gasteiger partial charge in [-0.1, -0.05) is 24.3 Å². The maximum atomic E-state index is 12.5. The molecule has 4 rings (SSSR count). The largest absolute Gasteiger partial charge is 0.461 e. The van der Waals surface area contributed by atoms with Crippen LogP contribution in [-0.4, -0.2) is 48.0 Å². The molecule has 1 heterocycles. The van der Waals surface area contributed by atoms with Gasteiger partial charge in [-0.25, -0.2) is 9.48 Å². The summed E-state index contributed by atoms with van der Waals surface area (Å²) in [6.07, 6.45) is 0.639. The molecule has 2 aromatic carbocycles. The Kier molecular flexibility index (Phi) is 6.13. The zero-order chi connectivity index (χ0) is 21.8. The molecule has 1 aromatic heterocycles. The SMILES string of the molecule is CCOCCNC(=O)c1ccc(-n2nc(C(=O)OCC)c3c2-c2ccccc2C3)cc1. The fourth-order valence-corrected chi connectivity index (χ4v) is 3.78. The minimum atomic E-state index is -0.421. The number of esters is 1. The Balaban J connectivity index is 1.65. The van der Waals surface area contributed by atoms with Crippen LogP contribution in [0.15, 0.2) is 48.5 Å². The van der Waals surface area contributed by atoms with E-state index < -0.39 is 5.97 Å². The van der Waals surface area contributed by atoms with Gasteiger partial charge in [0.05, 0.1) is 24.6 Å². The highest BCUT2D eigenvalue weighted by atomic mass is 16.5. The molecule has 0 radical (unpaired) electrons. The van der Waals surface area contributed by atoms with Gasteiger partial charge in [0.15, 0.2) is 5.69 Å². The van der Waals surface area contributed by atoms with Gasteiger partial charge in [0, 0.05) is 36.3 Å². The number of hydrogen-bond donors (Lipinski definition) is 1. The van der Waals surface area contributed by atoms with E-state index in [0.717, 1.165) is 28.1 Å². The van der Waals surface area contributed by atoms with E-state index >= 15 is 0 Å². The first kappa shape index (κ1) is 20.8. The summed E-state index contributed by atoms with van der Waals surface area (Å²) in [5.74, 6) is -0.579. The Labute approximate surface area is 181 Å². The molecule has 1 amide bonds. The first-order chi connectivity index (χ1) is 15.1. The Bertz CT molecular complexity index is 1100. The molecule has 0 bridgehead atoms. The van der Waals surface area contributed by atoms with Crippen LogP contribution in [0, 0.1) is 0 Å². The maximum Gasteiger partial charge on any atom is 0.359 e. The van der Waals surface area contributed by atoms with Crippen LogP contribution < -0.4 is 5.32 Å². The zero-order valence-corrected chi connectivity index (χ0v) is 17.7. The van der Waals surface area contributed by atoms with E-state index in [9.17, 15) is 9.59 Å². The van der Waals surface area contributed by atoms with E-state index in [2.05, 4.69) is 16.5 Å². The van der Waals surface area contributed by atoms with Crippen molar-refractivity contribution in [2.24, 2.45) is 0 Å². The van der Waals surface area contributed by atoms with Gasteiger partial charge in [-0.15, -0.1) is 0 Å². The molecule has 1 N–H and O–H groups in total. The lowest BCUT2D eigenvalue weighted by Crippen LogP contribution is -2.27. The van der Waals surface area contributed by atoms with Crippen molar-refractivity contribution >= 4 is 11.9 Å². The predicted octanol–water partition coefficient (Wildman–Crippen LogP) is 3.39. The van der Waals surface area contributed by atoms with Crippen LogP contribution in [0.5, 0.6) is 0 Å². The Hall–Kier alpha value is -3.45. The van der Waals surface area contributed by atoms with Crippen molar-refractivity contribution in [2.45, 2.75) is 20.3 Å². The highest BCUT2D eigenvalue weighted by Crippen LogP contribution is 2.39. The van der Waals surface area contributed by atoms with Crippen molar-refractivity contribution < 1.29 is 19.1 Å². The fourth-order valence-electron chi connectivity index (χ4n) is 3.78. The van der Waals surface area contributed by atoms with Crippen LogP contribution in [0.4, 0.5) is 0 Å². The Morgan fingerprint density at radius 3 is 2.58 bits per heavy atom. The topological polar surface area (TPSA) is 82.5 Å². The third-order valence-corrected chi connectivity index (χ3v) is 5.20. The van der Waals surface area contributed by atoms with Crippen LogP contribution in [0.3, 0.4) is 0 Å². The highest BCUT2D eigenvalue weighted by molar-refractivity contribution is 5.95. The van der Waals surface area contributed by atoms with Gasteiger partial charge in [-0.05, 0) is 43.7 Å². The van der Waals surface area contributed by atoms with E-state index in [4.69, 9.17) is 9.47 Å². The van der Waals surface area contributed by atoms with Crippen molar-refractivity contribution in [1.29, 1.82) is 0 Å². The highest BCUT2D eigenvalue weighted by Gasteiger charge is 2.31. The molecular formula is C24H25N3O4. The molecule has 1 aliphatic carbocycles. The van der Waals surface area contributed by atoms with E-state index in [-0.39, 0.29) is 5.91 Å². The number of fused-ring (bicyclic) bond motifs is 3. The lowest BCUT2D eigenvalue weighted by Gasteiger charge is -2.09. The summed E-state index contributed by atoms with van der Waals surface area (Å²) in [5.41, 5.74) is 5.64. The Morgan fingerprint density at radius 1 is 1.06 bits per heavy atom. The van der Waals surface area contributed by atoms with Gasteiger partial charge >= 0.3 is 5.97 Å². The van der Waals surface area contributed by atoms with Gasteiger partial charge in [-0.2, -0.15) is 5.10 Å².